The highest BCUT2D eigenvalue weighted by Crippen LogP contribution is 2.22. The number of aromatic nitrogens is 1. The molecule has 3 rings (SSSR count). The van der Waals surface area contributed by atoms with Crippen molar-refractivity contribution in [3.63, 3.8) is 0 Å². The first kappa shape index (κ1) is 12.5. The normalized spacial score (nSPS) is 16.7. The molecule has 3 nitrogen and oxygen atoms in total. The summed E-state index contributed by atoms with van der Waals surface area (Å²) < 4.78 is 0. The summed E-state index contributed by atoms with van der Waals surface area (Å²) in [6.07, 6.45) is 0. The van der Waals surface area contributed by atoms with Gasteiger partial charge in [-0.05, 0) is 24.1 Å². The summed E-state index contributed by atoms with van der Waals surface area (Å²) in [4.78, 5) is 6.02. The Balaban J connectivity index is 1.77. The zero-order valence-corrected chi connectivity index (χ0v) is 11.4. The van der Waals surface area contributed by atoms with E-state index in [-0.39, 0.29) is 0 Å². The summed E-state index contributed by atoms with van der Waals surface area (Å²) in [5, 5.41) is 3.40. The Morgan fingerprint density at radius 1 is 1.11 bits per heavy atom. The molecule has 0 atom stereocenters. The van der Waals surface area contributed by atoms with Crippen molar-refractivity contribution in [3.05, 3.63) is 47.7 Å². The molecule has 0 unspecified atom stereocenters. The third-order valence-corrected chi connectivity index (χ3v) is 3.81. The van der Waals surface area contributed by atoms with Crippen molar-refractivity contribution in [3.8, 4) is 11.3 Å². The van der Waals surface area contributed by atoms with E-state index in [2.05, 4.69) is 58.5 Å². The van der Waals surface area contributed by atoms with Crippen LogP contribution in [0.5, 0.6) is 0 Å². The number of H-pyrrole nitrogens is 1. The predicted octanol–water partition coefficient (Wildman–Crippen LogP) is 2.40. The molecule has 2 heterocycles. The molecule has 0 aliphatic carbocycles. The van der Waals surface area contributed by atoms with E-state index in [1.54, 1.807) is 0 Å². The minimum absolute atomic E-state index is 1.05. The molecule has 1 saturated heterocycles. The van der Waals surface area contributed by atoms with E-state index < -0.39 is 0 Å². The van der Waals surface area contributed by atoms with Crippen LogP contribution >= 0.6 is 0 Å². The fourth-order valence-corrected chi connectivity index (χ4v) is 2.65. The van der Waals surface area contributed by atoms with Gasteiger partial charge in [0.15, 0.2) is 0 Å². The topological polar surface area (TPSA) is 31.1 Å². The van der Waals surface area contributed by atoms with Crippen LogP contribution in [-0.2, 0) is 6.54 Å². The lowest BCUT2D eigenvalue weighted by atomic mass is 10.1. The third kappa shape index (κ3) is 2.88. The van der Waals surface area contributed by atoms with Crippen LogP contribution in [-0.4, -0.2) is 36.1 Å². The van der Waals surface area contributed by atoms with E-state index in [9.17, 15) is 0 Å². The Kier molecular flexibility index (Phi) is 3.67. The summed E-state index contributed by atoms with van der Waals surface area (Å²) in [5.74, 6) is 0. The minimum Gasteiger partial charge on any atom is -0.358 e. The molecule has 0 spiro atoms. The fraction of sp³-hybridized carbons (Fsp3) is 0.375. The monoisotopic (exact) mass is 255 g/mol. The Labute approximate surface area is 114 Å². The molecule has 19 heavy (non-hydrogen) atoms. The standard InChI is InChI=1S/C16H21N3/c1-13-15(12-19-9-7-17-8-10-19)11-16(18-13)14-5-3-2-4-6-14/h2-6,11,17-18H,7-10,12H2,1H3. The van der Waals surface area contributed by atoms with Crippen molar-refractivity contribution in [2.75, 3.05) is 26.2 Å². The molecule has 2 aromatic rings. The number of hydrogen-bond donors (Lipinski definition) is 2. The maximum Gasteiger partial charge on any atom is 0.0459 e. The summed E-state index contributed by atoms with van der Waals surface area (Å²) in [6, 6.07) is 12.8. The number of aromatic amines is 1. The van der Waals surface area contributed by atoms with E-state index in [4.69, 9.17) is 0 Å². The number of rotatable bonds is 3. The molecule has 1 aromatic carbocycles. The van der Waals surface area contributed by atoms with Gasteiger partial charge in [0.05, 0.1) is 0 Å². The number of hydrogen-bond acceptors (Lipinski definition) is 2. The van der Waals surface area contributed by atoms with E-state index in [0.717, 1.165) is 32.7 Å². The van der Waals surface area contributed by atoms with Gasteiger partial charge in [-0.2, -0.15) is 0 Å². The van der Waals surface area contributed by atoms with Gasteiger partial charge in [0, 0.05) is 44.1 Å². The number of nitrogens with zero attached hydrogens (tertiary/aromatic N) is 1. The molecule has 2 N–H and O–H groups in total. The van der Waals surface area contributed by atoms with Crippen LogP contribution in [0.2, 0.25) is 0 Å². The number of piperazine rings is 1. The summed E-state index contributed by atoms with van der Waals surface area (Å²) in [6.45, 7) is 7.72. The average molecular weight is 255 g/mol. The lowest BCUT2D eigenvalue weighted by molar-refractivity contribution is 0.233. The molecular formula is C16H21N3. The molecule has 1 aliphatic rings. The number of nitrogens with one attached hydrogen (secondary N) is 2. The van der Waals surface area contributed by atoms with Crippen LogP contribution in [0.3, 0.4) is 0 Å². The molecule has 1 aliphatic heterocycles. The highest BCUT2D eigenvalue weighted by Gasteiger charge is 2.13. The molecule has 0 amide bonds. The smallest absolute Gasteiger partial charge is 0.0459 e. The van der Waals surface area contributed by atoms with E-state index in [1.807, 2.05) is 0 Å². The quantitative estimate of drug-likeness (QED) is 0.882. The number of benzene rings is 1. The van der Waals surface area contributed by atoms with Crippen molar-refractivity contribution in [1.29, 1.82) is 0 Å². The third-order valence-electron chi connectivity index (χ3n) is 3.81. The highest BCUT2D eigenvalue weighted by molar-refractivity contribution is 5.61. The van der Waals surface area contributed by atoms with E-state index in [1.165, 1.54) is 22.5 Å². The van der Waals surface area contributed by atoms with Crippen LogP contribution in [0.15, 0.2) is 36.4 Å². The molecule has 0 saturated carbocycles. The molecule has 1 aromatic heterocycles. The van der Waals surface area contributed by atoms with Crippen molar-refractivity contribution < 1.29 is 0 Å². The van der Waals surface area contributed by atoms with Crippen molar-refractivity contribution in [1.82, 2.24) is 15.2 Å². The van der Waals surface area contributed by atoms with Crippen LogP contribution in [0, 0.1) is 6.92 Å². The SMILES string of the molecule is Cc1[nH]c(-c2ccccc2)cc1CN1CCNCC1. The summed E-state index contributed by atoms with van der Waals surface area (Å²) in [5.41, 5.74) is 5.19. The van der Waals surface area contributed by atoms with Crippen LogP contribution < -0.4 is 5.32 Å². The van der Waals surface area contributed by atoms with E-state index >= 15 is 0 Å². The first-order chi connectivity index (χ1) is 9.33. The van der Waals surface area contributed by atoms with Crippen LogP contribution in [0.25, 0.3) is 11.3 Å². The predicted molar refractivity (Wildman–Crippen MR) is 79.1 cm³/mol. The fourth-order valence-electron chi connectivity index (χ4n) is 2.65. The van der Waals surface area contributed by atoms with Crippen molar-refractivity contribution >= 4 is 0 Å². The van der Waals surface area contributed by atoms with Crippen LogP contribution in [0.1, 0.15) is 11.3 Å². The Bertz CT molecular complexity index is 524. The first-order valence-corrected chi connectivity index (χ1v) is 7.00. The molecule has 3 heteroatoms. The summed E-state index contributed by atoms with van der Waals surface area (Å²) in [7, 11) is 0. The lowest BCUT2D eigenvalue weighted by Crippen LogP contribution is -2.42. The Hall–Kier alpha value is -1.58. The van der Waals surface area contributed by atoms with Gasteiger partial charge < -0.3 is 10.3 Å². The molecule has 0 radical (unpaired) electrons. The Morgan fingerprint density at radius 3 is 2.58 bits per heavy atom. The maximum atomic E-state index is 3.51. The average Bonchev–Trinajstić information content (AvgIpc) is 2.82. The lowest BCUT2D eigenvalue weighted by Gasteiger charge is -2.27. The van der Waals surface area contributed by atoms with Gasteiger partial charge in [0.1, 0.15) is 0 Å². The second kappa shape index (κ2) is 5.59. The molecule has 100 valence electrons. The van der Waals surface area contributed by atoms with Gasteiger partial charge in [0.2, 0.25) is 0 Å². The largest absolute Gasteiger partial charge is 0.358 e. The molecular weight excluding hydrogens is 234 g/mol. The zero-order valence-electron chi connectivity index (χ0n) is 11.4. The Morgan fingerprint density at radius 2 is 1.84 bits per heavy atom. The second-order valence-corrected chi connectivity index (χ2v) is 5.23. The van der Waals surface area contributed by atoms with E-state index in [0.29, 0.717) is 0 Å². The van der Waals surface area contributed by atoms with Gasteiger partial charge in [-0.25, -0.2) is 0 Å². The van der Waals surface area contributed by atoms with Crippen molar-refractivity contribution in [2.45, 2.75) is 13.5 Å². The number of aryl methyl sites for hydroxylation is 1. The van der Waals surface area contributed by atoms with Gasteiger partial charge in [-0.3, -0.25) is 4.90 Å². The van der Waals surface area contributed by atoms with Gasteiger partial charge >= 0.3 is 0 Å². The first-order valence-electron chi connectivity index (χ1n) is 7.00. The highest BCUT2D eigenvalue weighted by atomic mass is 15.2. The minimum atomic E-state index is 1.05. The van der Waals surface area contributed by atoms with Crippen molar-refractivity contribution in [2.24, 2.45) is 0 Å². The van der Waals surface area contributed by atoms with Gasteiger partial charge in [-0.1, -0.05) is 30.3 Å². The second-order valence-electron chi connectivity index (χ2n) is 5.23. The molecule has 0 bridgehead atoms. The van der Waals surface area contributed by atoms with Crippen LogP contribution in [0.4, 0.5) is 0 Å². The maximum absolute atomic E-state index is 3.51. The van der Waals surface area contributed by atoms with Gasteiger partial charge in [-0.15, -0.1) is 0 Å². The zero-order chi connectivity index (χ0) is 13.1. The van der Waals surface area contributed by atoms with Gasteiger partial charge in [0.25, 0.3) is 0 Å². The summed E-state index contributed by atoms with van der Waals surface area (Å²) >= 11 is 0. The molecule has 1 fully saturated rings.